The van der Waals surface area contributed by atoms with Crippen molar-refractivity contribution in [3.05, 3.63) is 12.2 Å². The highest BCUT2D eigenvalue weighted by atomic mass is 16.4. The zero-order valence-corrected chi connectivity index (χ0v) is 8.31. The molecule has 0 fully saturated rings. The van der Waals surface area contributed by atoms with E-state index in [1.165, 1.54) is 0 Å². The zero-order valence-electron chi connectivity index (χ0n) is 8.31. The lowest BCUT2D eigenvalue weighted by atomic mass is 10.3. The van der Waals surface area contributed by atoms with Crippen LogP contribution in [0.25, 0.3) is 0 Å². The molecule has 0 bridgehead atoms. The van der Waals surface area contributed by atoms with Crippen molar-refractivity contribution >= 4 is 23.9 Å². The third-order valence-corrected chi connectivity index (χ3v) is 1.02. The van der Waals surface area contributed by atoms with Crippen molar-refractivity contribution in [2.45, 2.75) is 20.0 Å². The van der Waals surface area contributed by atoms with E-state index in [4.69, 9.17) is 25.5 Å². The van der Waals surface area contributed by atoms with E-state index in [1.54, 1.807) is 0 Å². The topological polar surface area (TPSA) is 169 Å². The second-order valence-electron chi connectivity index (χ2n) is 2.46. The lowest BCUT2D eigenvalue weighted by Gasteiger charge is -1.97. The van der Waals surface area contributed by atoms with Gasteiger partial charge in [-0.1, -0.05) is 7.43 Å². The van der Waals surface area contributed by atoms with Crippen LogP contribution in [-0.2, 0) is 19.2 Å². The van der Waals surface area contributed by atoms with Crippen LogP contribution in [0.5, 0.6) is 0 Å². The molecule has 0 radical (unpaired) electrons. The summed E-state index contributed by atoms with van der Waals surface area (Å²) in [5, 5.41) is 39.8. The number of aliphatic carboxylic acids is 4. The maximum atomic E-state index is 9.72. The summed E-state index contributed by atoms with van der Waals surface area (Å²) in [6, 6.07) is 0. The fraction of sp³-hybridized carbons (Fsp3) is 0.333. The summed E-state index contributed by atoms with van der Waals surface area (Å²) in [6.07, 6.45) is -1.43. The van der Waals surface area contributed by atoms with Crippen LogP contribution in [0.4, 0.5) is 0 Å². The molecule has 0 rings (SSSR count). The Morgan fingerprint density at radius 1 is 0.889 bits per heavy atom. The molecule has 0 aromatic heterocycles. The van der Waals surface area contributed by atoms with E-state index >= 15 is 0 Å². The van der Waals surface area contributed by atoms with E-state index in [2.05, 4.69) is 0 Å². The highest BCUT2D eigenvalue weighted by molar-refractivity contribution is 5.89. The molecular formula is C9H14O9. The van der Waals surface area contributed by atoms with Gasteiger partial charge in [0.2, 0.25) is 0 Å². The molecule has 0 saturated carbocycles. The molecule has 1 unspecified atom stereocenters. The fourth-order valence-corrected chi connectivity index (χ4v) is 0.395. The highest BCUT2D eigenvalue weighted by Gasteiger charge is 2.16. The molecule has 0 saturated heterocycles. The Balaban J connectivity index is -0.000000238. The summed E-state index contributed by atoms with van der Waals surface area (Å²) in [5.74, 6) is -5.36. The number of rotatable bonds is 5. The molecule has 0 aromatic rings. The van der Waals surface area contributed by atoms with Crippen molar-refractivity contribution in [3.8, 4) is 0 Å². The van der Waals surface area contributed by atoms with E-state index in [0.29, 0.717) is 12.2 Å². The summed E-state index contributed by atoms with van der Waals surface area (Å²) in [7, 11) is 0. The van der Waals surface area contributed by atoms with Crippen molar-refractivity contribution < 1.29 is 44.7 Å². The van der Waals surface area contributed by atoms with E-state index in [0.717, 1.165) is 0 Å². The number of hydrogen-bond donors (Lipinski definition) is 5. The maximum Gasteiger partial charge on any atom is 0.333 e. The number of hydrogen-bond acceptors (Lipinski definition) is 5. The molecule has 18 heavy (non-hydrogen) atoms. The van der Waals surface area contributed by atoms with Gasteiger partial charge in [0.1, 0.15) is 0 Å². The zero-order chi connectivity index (χ0) is 14.0. The monoisotopic (exact) mass is 266 g/mol. The molecule has 1 atom stereocenters. The Kier molecular flexibility index (Phi) is 12.9. The Morgan fingerprint density at radius 3 is 1.33 bits per heavy atom. The smallest absolute Gasteiger partial charge is 0.333 e. The summed E-state index contributed by atoms with van der Waals surface area (Å²) < 4.78 is 0. The van der Waals surface area contributed by atoms with Crippen molar-refractivity contribution in [3.63, 3.8) is 0 Å². The summed E-state index contributed by atoms with van der Waals surface area (Å²) in [4.78, 5) is 38.5. The molecule has 0 aliphatic carbocycles. The maximum absolute atomic E-state index is 9.72. The van der Waals surface area contributed by atoms with Gasteiger partial charge in [0, 0.05) is 12.2 Å². The van der Waals surface area contributed by atoms with Crippen LogP contribution in [0, 0.1) is 0 Å². The molecule has 5 N–H and O–H groups in total. The number of aliphatic hydroxyl groups excluding tert-OH is 1. The third kappa shape index (κ3) is 19.2. The number of aliphatic hydroxyl groups is 1. The minimum absolute atomic E-state index is 0. The molecule has 9 heteroatoms. The van der Waals surface area contributed by atoms with Crippen molar-refractivity contribution in [2.24, 2.45) is 0 Å². The van der Waals surface area contributed by atoms with Gasteiger partial charge in [-0.2, -0.15) is 0 Å². The van der Waals surface area contributed by atoms with Gasteiger partial charge in [0.05, 0.1) is 6.42 Å². The Bertz CT molecular complexity index is 315. The molecule has 0 heterocycles. The molecule has 104 valence electrons. The molecule has 0 spiro atoms. The molecule has 0 aliphatic rings. The van der Waals surface area contributed by atoms with Gasteiger partial charge in [-0.3, -0.25) is 4.79 Å². The van der Waals surface area contributed by atoms with E-state index in [1.807, 2.05) is 0 Å². The minimum Gasteiger partial charge on any atom is -0.481 e. The number of carboxylic acids is 4. The SMILES string of the molecule is C.O=C(O)/C=C/C(=O)O.O=C(O)CC(O)C(=O)O. The van der Waals surface area contributed by atoms with Gasteiger partial charge < -0.3 is 25.5 Å². The standard InChI is InChI=1S/C4H6O5.C4H4O4.CH4/c5-2(4(8)9)1-3(6)7;5-3(6)1-2-4(7)8;/h2,5H,1H2,(H,6,7)(H,8,9);1-2H,(H,5,6)(H,7,8);1H4/b;2-1+;. The van der Waals surface area contributed by atoms with E-state index in [9.17, 15) is 19.2 Å². The van der Waals surface area contributed by atoms with Crippen LogP contribution in [0.15, 0.2) is 12.2 Å². The van der Waals surface area contributed by atoms with E-state index < -0.39 is 36.4 Å². The minimum atomic E-state index is -1.79. The van der Waals surface area contributed by atoms with Crippen LogP contribution in [0.2, 0.25) is 0 Å². The van der Waals surface area contributed by atoms with Gasteiger partial charge in [-0.15, -0.1) is 0 Å². The average molecular weight is 266 g/mol. The van der Waals surface area contributed by atoms with Crippen LogP contribution >= 0.6 is 0 Å². The number of carbonyl (C=O) groups is 4. The van der Waals surface area contributed by atoms with Gasteiger partial charge in [-0.25, -0.2) is 14.4 Å². The van der Waals surface area contributed by atoms with Gasteiger partial charge in [-0.05, 0) is 0 Å². The molecule has 0 aliphatic heterocycles. The second-order valence-corrected chi connectivity index (χ2v) is 2.46. The van der Waals surface area contributed by atoms with Crippen LogP contribution < -0.4 is 0 Å². The first-order valence-corrected chi connectivity index (χ1v) is 3.93. The van der Waals surface area contributed by atoms with Crippen LogP contribution in [0.3, 0.4) is 0 Å². The highest BCUT2D eigenvalue weighted by Crippen LogP contribution is 1.89. The van der Waals surface area contributed by atoms with Crippen LogP contribution in [0.1, 0.15) is 13.8 Å². The molecule has 0 aromatic carbocycles. The fourth-order valence-electron chi connectivity index (χ4n) is 0.395. The molecular weight excluding hydrogens is 252 g/mol. The van der Waals surface area contributed by atoms with Gasteiger partial charge in [0.25, 0.3) is 0 Å². The molecule has 9 nitrogen and oxygen atoms in total. The summed E-state index contributed by atoms with van der Waals surface area (Å²) in [5.41, 5.74) is 0. The van der Waals surface area contributed by atoms with Crippen LogP contribution in [-0.4, -0.2) is 55.5 Å². The predicted octanol–water partition coefficient (Wildman–Crippen LogP) is -0.745. The Hall–Kier alpha value is -2.42. The Labute approximate surface area is 102 Å². The first-order valence-electron chi connectivity index (χ1n) is 3.93. The predicted molar refractivity (Wildman–Crippen MR) is 57.0 cm³/mol. The van der Waals surface area contributed by atoms with E-state index in [-0.39, 0.29) is 7.43 Å². The van der Waals surface area contributed by atoms with Gasteiger partial charge in [0.15, 0.2) is 6.10 Å². The largest absolute Gasteiger partial charge is 0.481 e. The third-order valence-electron chi connectivity index (χ3n) is 1.02. The van der Waals surface area contributed by atoms with Crippen molar-refractivity contribution in [2.75, 3.05) is 0 Å². The quantitative estimate of drug-likeness (QED) is 0.402. The second kappa shape index (κ2) is 11.1. The van der Waals surface area contributed by atoms with Gasteiger partial charge >= 0.3 is 23.9 Å². The number of carboxylic acid groups (broad SMARTS) is 4. The molecule has 0 amide bonds. The lowest BCUT2D eigenvalue weighted by molar-refractivity contribution is -0.152. The van der Waals surface area contributed by atoms with Crippen molar-refractivity contribution in [1.82, 2.24) is 0 Å². The summed E-state index contributed by atoms with van der Waals surface area (Å²) in [6.45, 7) is 0. The first kappa shape index (κ1) is 20.9. The summed E-state index contributed by atoms with van der Waals surface area (Å²) >= 11 is 0. The lowest BCUT2D eigenvalue weighted by Crippen LogP contribution is -2.22. The first-order chi connectivity index (χ1) is 7.66. The van der Waals surface area contributed by atoms with Crippen molar-refractivity contribution in [1.29, 1.82) is 0 Å². The normalized spacial score (nSPS) is 10.5. The average Bonchev–Trinajstić information content (AvgIpc) is 2.14. The Morgan fingerprint density at radius 2 is 1.22 bits per heavy atom.